The van der Waals surface area contributed by atoms with E-state index < -0.39 is 5.97 Å². The Kier molecular flexibility index (Phi) is 6.70. The molecule has 2 fully saturated rings. The number of nitrogens with zero attached hydrogens (tertiary/aromatic N) is 2. The summed E-state index contributed by atoms with van der Waals surface area (Å²) in [5.41, 5.74) is 0.963. The summed E-state index contributed by atoms with van der Waals surface area (Å²) in [5, 5.41) is 27.8. The molecular weight excluding hydrogens is 320 g/mol. The lowest BCUT2D eigenvalue weighted by Crippen LogP contribution is -2.15. The molecule has 2 aliphatic carbocycles. The van der Waals surface area contributed by atoms with Crippen LogP contribution in [-0.4, -0.2) is 15.9 Å². The number of allylic oxidation sites excluding steroid dienone is 3. The molecule has 0 saturated heterocycles. The lowest BCUT2D eigenvalue weighted by atomic mass is 9.81. The number of carbonyl (C=O) groups is 1. The van der Waals surface area contributed by atoms with Gasteiger partial charge in [0.15, 0.2) is 0 Å². The predicted octanol–water partition coefficient (Wildman–Crippen LogP) is 4.48. The molecule has 0 aromatic rings. The van der Waals surface area contributed by atoms with Crippen LogP contribution in [0.1, 0.15) is 57.8 Å². The first-order valence-electron chi connectivity index (χ1n) is 8.58. The standard InChI is InChI=1S/C19H22N2O2S/c20-11-15(12-21)16-8-13-6-4-2-1-3-5-7-14(13)9-18(24)17(16)10-19(22)23/h10,13-14H,1-9H2,(H,22,23)/b17-10-. The minimum Gasteiger partial charge on any atom is -0.478 e. The molecule has 0 heterocycles. The molecule has 2 aliphatic rings. The number of rotatable bonds is 1. The Morgan fingerprint density at radius 1 is 1.04 bits per heavy atom. The molecule has 24 heavy (non-hydrogen) atoms. The monoisotopic (exact) mass is 342 g/mol. The number of carboxylic acid groups (broad SMARTS) is 1. The fourth-order valence-corrected chi connectivity index (χ4v) is 4.32. The summed E-state index contributed by atoms with van der Waals surface area (Å²) >= 11 is 5.52. The summed E-state index contributed by atoms with van der Waals surface area (Å²) in [5.74, 6) is -0.299. The number of carboxylic acids is 1. The van der Waals surface area contributed by atoms with Crippen molar-refractivity contribution in [2.75, 3.05) is 0 Å². The van der Waals surface area contributed by atoms with Crippen molar-refractivity contribution in [3.63, 3.8) is 0 Å². The van der Waals surface area contributed by atoms with Gasteiger partial charge in [0.05, 0.1) is 0 Å². The second-order valence-corrected chi connectivity index (χ2v) is 7.16. The zero-order chi connectivity index (χ0) is 17.5. The topological polar surface area (TPSA) is 84.9 Å². The third-order valence-electron chi connectivity index (χ3n) is 5.15. The van der Waals surface area contributed by atoms with Crippen LogP contribution >= 0.6 is 12.2 Å². The smallest absolute Gasteiger partial charge is 0.328 e. The quantitative estimate of drug-likeness (QED) is 0.431. The van der Waals surface area contributed by atoms with Crippen molar-refractivity contribution in [1.82, 2.24) is 0 Å². The molecule has 2 atom stereocenters. The van der Waals surface area contributed by atoms with Gasteiger partial charge >= 0.3 is 5.97 Å². The molecule has 0 radical (unpaired) electrons. The van der Waals surface area contributed by atoms with E-state index in [-0.39, 0.29) is 5.57 Å². The Morgan fingerprint density at radius 3 is 2.12 bits per heavy atom. The van der Waals surface area contributed by atoms with Gasteiger partial charge in [0, 0.05) is 16.5 Å². The summed E-state index contributed by atoms with van der Waals surface area (Å²) in [4.78, 5) is 11.8. The first-order valence-corrected chi connectivity index (χ1v) is 8.99. The van der Waals surface area contributed by atoms with Gasteiger partial charge in [-0.1, -0.05) is 44.3 Å². The summed E-state index contributed by atoms with van der Waals surface area (Å²) in [6.07, 6.45) is 10.5. The van der Waals surface area contributed by atoms with E-state index in [0.29, 0.717) is 40.7 Å². The van der Waals surface area contributed by atoms with Gasteiger partial charge in [-0.25, -0.2) is 4.79 Å². The van der Waals surface area contributed by atoms with Crippen molar-refractivity contribution in [2.24, 2.45) is 11.8 Å². The second-order valence-electron chi connectivity index (χ2n) is 6.67. The van der Waals surface area contributed by atoms with E-state index in [1.165, 1.54) is 25.7 Å². The van der Waals surface area contributed by atoms with Crippen LogP contribution in [0.5, 0.6) is 0 Å². The van der Waals surface area contributed by atoms with E-state index >= 15 is 0 Å². The van der Waals surface area contributed by atoms with E-state index in [1.807, 2.05) is 12.1 Å². The molecule has 1 N–H and O–H groups in total. The second kappa shape index (κ2) is 8.76. The lowest BCUT2D eigenvalue weighted by molar-refractivity contribution is -0.131. The molecule has 5 heteroatoms. The first kappa shape index (κ1) is 18.4. The Hall–Kier alpha value is -1.98. The van der Waals surface area contributed by atoms with E-state index in [4.69, 9.17) is 12.2 Å². The summed E-state index contributed by atoms with van der Waals surface area (Å²) in [6.45, 7) is 0. The average Bonchev–Trinajstić information content (AvgIpc) is 2.62. The number of nitriles is 2. The van der Waals surface area contributed by atoms with Gasteiger partial charge < -0.3 is 5.11 Å². The molecule has 2 saturated carbocycles. The molecule has 2 rings (SSSR count). The van der Waals surface area contributed by atoms with E-state index in [9.17, 15) is 20.4 Å². The number of hydrogen-bond donors (Lipinski definition) is 1. The van der Waals surface area contributed by atoms with Crippen molar-refractivity contribution in [3.8, 4) is 12.1 Å². The van der Waals surface area contributed by atoms with Gasteiger partial charge in [-0.2, -0.15) is 10.5 Å². The van der Waals surface area contributed by atoms with Crippen molar-refractivity contribution in [1.29, 1.82) is 10.5 Å². The first-order chi connectivity index (χ1) is 11.6. The van der Waals surface area contributed by atoms with Crippen molar-refractivity contribution in [3.05, 3.63) is 22.8 Å². The van der Waals surface area contributed by atoms with Crippen molar-refractivity contribution >= 4 is 23.1 Å². The zero-order valence-corrected chi connectivity index (χ0v) is 14.6. The highest BCUT2D eigenvalue weighted by Crippen LogP contribution is 2.41. The van der Waals surface area contributed by atoms with Crippen LogP contribution in [-0.2, 0) is 4.79 Å². The van der Waals surface area contributed by atoms with Gasteiger partial charge in [0.25, 0.3) is 0 Å². The highest BCUT2D eigenvalue weighted by atomic mass is 32.1. The molecule has 126 valence electrons. The molecule has 0 bridgehead atoms. The number of fused-ring (bicyclic) bond motifs is 1. The molecule has 0 aromatic carbocycles. The minimum atomic E-state index is -1.09. The van der Waals surface area contributed by atoms with E-state index in [2.05, 4.69) is 0 Å². The van der Waals surface area contributed by atoms with Gasteiger partial charge in [0.2, 0.25) is 0 Å². The SMILES string of the molecule is N#CC(C#N)=C1CC2CCCCCCCC2CC(=S)/C1=C\C(=O)O. The maximum Gasteiger partial charge on any atom is 0.328 e. The van der Waals surface area contributed by atoms with Crippen LogP contribution < -0.4 is 0 Å². The Bertz CT molecular complexity index is 648. The molecular formula is C19H22N2O2S. The Labute approximate surface area is 148 Å². The molecule has 4 nitrogen and oxygen atoms in total. The molecule has 0 aliphatic heterocycles. The largest absolute Gasteiger partial charge is 0.478 e. The van der Waals surface area contributed by atoms with Gasteiger partial charge in [0.1, 0.15) is 17.7 Å². The zero-order valence-electron chi connectivity index (χ0n) is 13.8. The summed E-state index contributed by atoms with van der Waals surface area (Å²) in [6, 6.07) is 3.87. The van der Waals surface area contributed by atoms with E-state index in [1.54, 1.807) is 0 Å². The highest BCUT2D eigenvalue weighted by molar-refractivity contribution is 7.80. The average molecular weight is 342 g/mol. The summed E-state index contributed by atoms with van der Waals surface area (Å²) in [7, 11) is 0. The maximum absolute atomic E-state index is 11.2. The van der Waals surface area contributed by atoms with Crippen LogP contribution in [0.15, 0.2) is 22.8 Å². The molecule has 0 aromatic heterocycles. The fourth-order valence-electron chi connectivity index (χ4n) is 3.93. The van der Waals surface area contributed by atoms with Gasteiger partial charge in [-0.15, -0.1) is 0 Å². The van der Waals surface area contributed by atoms with Crippen molar-refractivity contribution in [2.45, 2.75) is 57.8 Å². The maximum atomic E-state index is 11.2. The van der Waals surface area contributed by atoms with Crippen LogP contribution in [0.4, 0.5) is 0 Å². The van der Waals surface area contributed by atoms with Crippen LogP contribution in [0.3, 0.4) is 0 Å². The number of thiocarbonyl (C=S) groups is 1. The number of hydrogen-bond acceptors (Lipinski definition) is 4. The predicted molar refractivity (Wildman–Crippen MR) is 95.1 cm³/mol. The summed E-state index contributed by atoms with van der Waals surface area (Å²) < 4.78 is 0. The van der Waals surface area contributed by atoms with E-state index in [0.717, 1.165) is 25.3 Å². The van der Waals surface area contributed by atoms with Crippen LogP contribution in [0.2, 0.25) is 0 Å². The Balaban J connectivity index is 2.48. The van der Waals surface area contributed by atoms with Gasteiger partial charge in [-0.05, 0) is 43.1 Å². The van der Waals surface area contributed by atoms with Gasteiger partial charge in [-0.3, -0.25) is 0 Å². The normalized spacial score (nSPS) is 26.8. The third-order valence-corrected chi connectivity index (χ3v) is 5.54. The highest BCUT2D eigenvalue weighted by Gasteiger charge is 2.32. The minimum absolute atomic E-state index is 0.00497. The van der Waals surface area contributed by atoms with Crippen molar-refractivity contribution < 1.29 is 9.90 Å². The Morgan fingerprint density at radius 2 is 1.58 bits per heavy atom. The number of aliphatic carboxylic acids is 1. The third kappa shape index (κ3) is 4.52. The molecule has 0 amide bonds. The van der Waals surface area contributed by atoms with Crippen LogP contribution in [0.25, 0.3) is 0 Å². The fraction of sp³-hybridized carbons (Fsp3) is 0.579. The molecule has 0 spiro atoms. The van der Waals surface area contributed by atoms with Crippen LogP contribution in [0, 0.1) is 34.5 Å². The molecule has 2 unspecified atom stereocenters. The lowest BCUT2D eigenvalue weighted by Gasteiger charge is -2.24.